The Morgan fingerprint density at radius 1 is 1.04 bits per heavy atom. The maximum absolute atomic E-state index is 5.72. The van der Waals surface area contributed by atoms with E-state index in [9.17, 15) is 0 Å². The first-order valence-electron chi connectivity index (χ1n) is 8.31. The fourth-order valence-electron chi connectivity index (χ4n) is 2.54. The second-order valence-corrected chi connectivity index (χ2v) is 6.74. The largest absolute Gasteiger partial charge is 0.497 e. The minimum atomic E-state index is 0.502. The lowest BCUT2D eigenvalue weighted by molar-refractivity contribution is 0.297. The molecule has 2 aromatic carbocycles. The van der Waals surface area contributed by atoms with Crippen molar-refractivity contribution in [3.05, 3.63) is 48.3 Å². The van der Waals surface area contributed by atoms with E-state index in [2.05, 4.69) is 10.1 Å². The first-order valence-corrected chi connectivity index (χ1v) is 9.30. The molecule has 0 atom stereocenters. The third-order valence-corrected chi connectivity index (χ3v) is 4.88. The molecular weight excluding hydrogens is 352 g/mol. The third-order valence-electron chi connectivity index (χ3n) is 3.89. The number of methoxy groups -OCH3 is 1. The highest BCUT2D eigenvalue weighted by Gasteiger charge is 2.13. The van der Waals surface area contributed by atoms with Crippen LogP contribution in [0.5, 0.6) is 17.2 Å². The van der Waals surface area contributed by atoms with Gasteiger partial charge in [0.2, 0.25) is 0 Å². The number of benzene rings is 2. The number of aromatic nitrogens is 2. The molecule has 1 aromatic heterocycles. The smallest absolute Gasteiger partial charge is 0.257 e. The predicted octanol–water partition coefficient (Wildman–Crippen LogP) is 4.20. The molecule has 0 aliphatic carbocycles. The molecule has 0 fully saturated rings. The molecule has 2 heterocycles. The number of rotatable bonds is 5. The van der Waals surface area contributed by atoms with Gasteiger partial charge in [0.1, 0.15) is 5.75 Å². The van der Waals surface area contributed by atoms with Crippen LogP contribution in [-0.2, 0) is 5.75 Å². The summed E-state index contributed by atoms with van der Waals surface area (Å²) in [5.41, 5.74) is 0.866. The van der Waals surface area contributed by atoms with Crippen LogP contribution in [0.1, 0.15) is 12.2 Å². The van der Waals surface area contributed by atoms with Gasteiger partial charge in [-0.2, -0.15) is 4.98 Å². The summed E-state index contributed by atoms with van der Waals surface area (Å²) in [4.78, 5) is 5.53. The normalized spacial score (nSPS) is 13.3. The van der Waals surface area contributed by atoms with Crippen molar-refractivity contribution < 1.29 is 18.7 Å². The van der Waals surface area contributed by atoms with Crippen LogP contribution in [0.4, 0.5) is 0 Å². The van der Waals surface area contributed by atoms with Gasteiger partial charge in [-0.1, -0.05) is 5.16 Å². The van der Waals surface area contributed by atoms with Gasteiger partial charge in [-0.15, -0.1) is 11.8 Å². The predicted molar refractivity (Wildman–Crippen MR) is 97.9 cm³/mol. The Bertz CT molecular complexity index is 880. The SMILES string of the molecule is COc1ccc(-c2nc(CSc3ccc4c(c3)OCCCO4)no2)cc1. The Labute approximate surface area is 155 Å². The van der Waals surface area contributed by atoms with Crippen LogP contribution in [-0.4, -0.2) is 30.5 Å². The molecule has 0 spiro atoms. The fraction of sp³-hybridized carbons (Fsp3) is 0.263. The molecule has 0 unspecified atom stereocenters. The van der Waals surface area contributed by atoms with Crippen LogP contribution in [0.2, 0.25) is 0 Å². The summed E-state index contributed by atoms with van der Waals surface area (Å²) in [7, 11) is 1.64. The molecule has 1 aliphatic heterocycles. The Kier molecular flexibility index (Phi) is 4.97. The molecule has 0 radical (unpaired) electrons. The average Bonchev–Trinajstić information content (AvgIpc) is 3.04. The maximum atomic E-state index is 5.72. The van der Waals surface area contributed by atoms with Gasteiger partial charge in [-0.25, -0.2) is 0 Å². The van der Waals surface area contributed by atoms with Gasteiger partial charge in [0, 0.05) is 16.9 Å². The van der Waals surface area contributed by atoms with Crippen molar-refractivity contribution in [2.24, 2.45) is 0 Å². The summed E-state index contributed by atoms with van der Waals surface area (Å²) in [5, 5.41) is 4.06. The number of hydrogen-bond acceptors (Lipinski definition) is 7. The van der Waals surface area contributed by atoms with Crippen molar-refractivity contribution in [2.75, 3.05) is 20.3 Å². The molecule has 0 saturated carbocycles. The van der Waals surface area contributed by atoms with Crippen LogP contribution < -0.4 is 14.2 Å². The van der Waals surface area contributed by atoms with Gasteiger partial charge < -0.3 is 18.7 Å². The molecule has 6 nitrogen and oxygen atoms in total. The van der Waals surface area contributed by atoms with Crippen molar-refractivity contribution in [3.63, 3.8) is 0 Å². The molecule has 0 bridgehead atoms. The summed E-state index contributed by atoms with van der Waals surface area (Å²) in [5.74, 6) is 4.14. The molecule has 0 amide bonds. The summed E-state index contributed by atoms with van der Waals surface area (Å²) in [6.07, 6.45) is 0.897. The Morgan fingerprint density at radius 2 is 1.85 bits per heavy atom. The van der Waals surface area contributed by atoms with Crippen LogP contribution >= 0.6 is 11.8 Å². The van der Waals surface area contributed by atoms with Gasteiger partial charge >= 0.3 is 0 Å². The van der Waals surface area contributed by atoms with E-state index < -0.39 is 0 Å². The standard InChI is InChI=1S/C19H18N2O4S/c1-22-14-5-3-13(4-6-14)19-20-18(21-25-19)12-26-15-7-8-16-17(11-15)24-10-2-9-23-16/h3-8,11H,2,9-10,12H2,1H3. The second-order valence-electron chi connectivity index (χ2n) is 5.69. The van der Waals surface area contributed by atoms with Crippen molar-refractivity contribution in [1.82, 2.24) is 10.1 Å². The fourth-order valence-corrected chi connectivity index (χ4v) is 3.31. The Morgan fingerprint density at radius 3 is 2.65 bits per heavy atom. The molecule has 1 aliphatic rings. The number of nitrogens with zero attached hydrogens (tertiary/aromatic N) is 2. The first kappa shape index (κ1) is 16.8. The molecule has 3 aromatic rings. The second kappa shape index (κ2) is 7.70. The van der Waals surface area contributed by atoms with Gasteiger partial charge in [0.05, 0.1) is 26.1 Å². The van der Waals surface area contributed by atoms with Crippen LogP contribution in [0, 0.1) is 0 Å². The highest BCUT2D eigenvalue weighted by Crippen LogP contribution is 2.34. The van der Waals surface area contributed by atoms with Crippen molar-refractivity contribution in [1.29, 1.82) is 0 Å². The van der Waals surface area contributed by atoms with Crippen molar-refractivity contribution in [3.8, 4) is 28.7 Å². The van der Waals surface area contributed by atoms with E-state index in [1.165, 1.54) is 0 Å². The number of hydrogen-bond donors (Lipinski definition) is 0. The van der Waals surface area contributed by atoms with E-state index in [0.717, 1.165) is 34.1 Å². The molecule has 0 saturated heterocycles. The molecule has 0 N–H and O–H groups in total. The minimum Gasteiger partial charge on any atom is -0.497 e. The topological polar surface area (TPSA) is 66.6 Å². The average molecular weight is 370 g/mol. The quantitative estimate of drug-likeness (QED) is 0.624. The monoisotopic (exact) mass is 370 g/mol. The summed E-state index contributed by atoms with van der Waals surface area (Å²) in [6, 6.07) is 13.5. The van der Waals surface area contributed by atoms with Crippen LogP contribution in [0.25, 0.3) is 11.5 Å². The van der Waals surface area contributed by atoms with E-state index in [1.807, 2.05) is 42.5 Å². The van der Waals surface area contributed by atoms with E-state index >= 15 is 0 Å². The molecule has 26 heavy (non-hydrogen) atoms. The molecular formula is C19H18N2O4S. The van der Waals surface area contributed by atoms with Crippen molar-refractivity contribution in [2.45, 2.75) is 17.1 Å². The number of ether oxygens (including phenoxy) is 3. The van der Waals surface area contributed by atoms with E-state index in [1.54, 1.807) is 18.9 Å². The highest BCUT2D eigenvalue weighted by atomic mass is 32.2. The summed E-state index contributed by atoms with van der Waals surface area (Å²) in [6.45, 7) is 1.37. The highest BCUT2D eigenvalue weighted by molar-refractivity contribution is 7.98. The van der Waals surface area contributed by atoms with Gasteiger partial charge in [-0.3, -0.25) is 0 Å². The lowest BCUT2D eigenvalue weighted by Crippen LogP contribution is -1.97. The first-order chi connectivity index (χ1) is 12.8. The lowest BCUT2D eigenvalue weighted by Gasteiger charge is -2.08. The number of thioether (sulfide) groups is 1. The zero-order chi connectivity index (χ0) is 17.8. The summed E-state index contributed by atoms with van der Waals surface area (Å²) < 4.78 is 21.9. The number of fused-ring (bicyclic) bond motifs is 1. The maximum Gasteiger partial charge on any atom is 0.257 e. The molecule has 4 rings (SSSR count). The zero-order valence-electron chi connectivity index (χ0n) is 14.3. The Hall–Kier alpha value is -2.67. The van der Waals surface area contributed by atoms with E-state index in [0.29, 0.717) is 30.7 Å². The lowest BCUT2D eigenvalue weighted by atomic mass is 10.2. The molecule has 7 heteroatoms. The minimum absolute atomic E-state index is 0.502. The Balaban J connectivity index is 1.42. The van der Waals surface area contributed by atoms with Gasteiger partial charge in [0.15, 0.2) is 17.3 Å². The van der Waals surface area contributed by atoms with Crippen molar-refractivity contribution >= 4 is 11.8 Å². The summed E-state index contributed by atoms with van der Waals surface area (Å²) >= 11 is 1.63. The zero-order valence-corrected chi connectivity index (χ0v) is 15.1. The van der Waals surface area contributed by atoms with Gasteiger partial charge in [-0.05, 0) is 42.5 Å². The third kappa shape index (κ3) is 3.77. The molecule has 134 valence electrons. The van der Waals surface area contributed by atoms with Gasteiger partial charge in [0.25, 0.3) is 5.89 Å². The van der Waals surface area contributed by atoms with E-state index in [4.69, 9.17) is 18.7 Å². The van der Waals surface area contributed by atoms with Crippen LogP contribution in [0.3, 0.4) is 0 Å². The van der Waals surface area contributed by atoms with E-state index in [-0.39, 0.29) is 0 Å². The van der Waals surface area contributed by atoms with Crippen LogP contribution in [0.15, 0.2) is 51.9 Å².